The van der Waals surface area contributed by atoms with E-state index in [1.807, 2.05) is 0 Å². The number of carbonyl (C=O) groups is 1. The minimum atomic E-state index is 0.127. The molecule has 0 aromatic carbocycles. The van der Waals surface area contributed by atoms with Crippen LogP contribution in [0, 0.1) is 17.8 Å². The molecule has 0 aromatic rings. The summed E-state index contributed by atoms with van der Waals surface area (Å²) >= 11 is 1.72. The first-order chi connectivity index (χ1) is 10.7. The third-order valence-corrected chi connectivity index (χ3v) is 7.01. The van der Waals surface area contributed by atoms with Gasteiger partial charge in [0.2, 0.25) is 5.91 Å². The summed E-state index contributed by atoms with van der Waals surface area (Å²) in [7, 11) is 0. The van der Waals surface area contributed by atoms with Crippen molar-refractivity contribution < 1.29 is 4.79 Å². The molecular weight excluding hydrogens is 292 g/mol. The van der Waals surface area contributed by atoms with Gasteiger partial charge in [-0.25, -0.2) is 0 Å². The predicted molar refractivity (Wildman–Crippen MR) is 94.1 cm³/mol. The Hall–Kier alpha value is -0.510. The number of hydrogen-bond donors (Lipinski definition) is 1. The smallest absolute Gasteiger partial charge is 0.239 e. The molecule has 3 nitrogen and oxygen atoms in total. The van der Waals surface area contributed by atoms with Gasteiger partial charge in [-0.15, -0.1) is 0 Å². The van der Waals surface area contributed by atoms with E-state index >= 15 is 0 Å². The largest absolute Gasteiger partial charge is 0.304 e. The van der Waals surface area contributed by atoms with Crippen LogP contribution in [0.25, 0.3) is 0 Å². The fourth-order valence-corrected chi connectivity index (χ4v) is 5.74. The van der Waals surface area contributed by atoms with Crippen molar-refractivity contribution in [2.75, 3.05) is 0 Å². The van der Waals surface area contributed by atoms with Gasteiger partial charge in [0.15, 0.2) is 5.17 Å². The van der Waals surface area contributed by atoms with E-state index in [0.717, 1.165) is 11.1 Å². The normalized spacial score (nSPS) is 38.6. The molecule has 0 radical (unpaired) electrons. The second-order valence-electron chi connectivity index (χ2n) is 7.53. The van der Waals surface area contributed by atoms with Crippen molar-refractivity contribution in [3.63, 3.8) is 0 Å². The molecule has 1 heterocycles. The van der Waals surface area contributed by atoms with Crippen LogP contribution >= 0.6 is 11.8 Å². The SMILES string of the molecule is CCCC1CC(C)C(N=C2NC(=O)C(C3CCCCC3)S2)C1. The third-order valence-electron chi connectivity index (χ3n) is 5.72. The number of rotatable bonds is 4. The van der Waals surface area contributed by atoms with Gasteiger partial charge in [0.1, 0.15) is 0 Å². The summed E-state index contributed by atoms with van der Waals surface area (Å²) in [5, 5.41) is 4.11. The molecule has 3 aliphatic rings. The van der Waals surface area contributed by atoms with Gasteiger partial charge in [-0.3, -0.25) is 9.79 Å². The molecule has 1 amide bonds. The fraction of sp³-hybridized carbons (Fsp3) is 0.889. The summed E-state index contributed by atoms with van der Waals surface area (Å²) in [6.07, 6.45) is 11.5. The Labute approximate surface area is 139 Å². The minimum Gasteiger partial charge on any atom is -0.304 e. The number of thioether (sulfide) groups is 1. The molecule has 0 spiro atoms. The first-order valence-corrected chi connectivity index (χ1v) is 10.1. The van der Waals surface area contributed by atoms with E-state index in [4.69, 9.17) is 4.99 Å². The van der Waals surface area contributed by atoms with Crippen LogP contribution in [-0.4, -0.2) is 22.4 Å². The Morgan fingerprint density at radius 1 is 1.23 bits per heavy atom. The van der Waals surface area contributed by atoms with Gasteiger partial charge in [0.25, 0.3) is 0 Å². The van der Waals surface area contributed by atoms with Crippen molar-refractivity contribution in [3.8, 4) is 0 Å². The fourth-order valence-electron chi connectivity index (χ4n) is 4.52. The van der Waals surface area contributed by atoms with E-state index in [2.05, 4.69) is 19.2 Å². The van der Waals surface area contributed by atoms with Crippen molar-refractivity contribution in [3.05, 3.63) is 0 Å². The van der Waals surface area contributed by atoms with Crippen molar-refractivity contribution in [2.45, 2.75) is 82.9 Å². The molecule has 2 saturated carbocycles. The zero-order chi connectivity index (χ0) is 15.5. The van der Waals surface area contributed by atoms with E-state index in [0.29, 0.717) is 17.9 Å². The zero-order valence-corrected chi connectivity index (χ0v) is 14.8. The van der Waals surface area contributed by atoms with Crippen molar-refractivity contribution in [1.29, 1.82) is 0 Å². The highest BCUT2D eigenvalue weighted by Gasteiger charge is 2.38. The minimum absolute atomic E-state index is 0.127. The van der Waals surface area contributed by atoms with E-state index < -0.39 is 0 Å². The Balaban J connectivity index is 1.60. The first kappa shape index (κ1) is 16.4. The van der Waals surface area contributed by atoms with Crippen LogP contribution in [0.15, 0.2) is 4.99 Å². The van der Waals surface area contributed by atoms with E-state index in [1.54, 1.807) is 11.8 Å². The van der Waals surface area contributed by atoms with Gasteiger partial charge in [-0.05, 0) is 43.4 Å². The molecule has 1 N–H and O–H groups in total. The highest BCUT2D eigenvalue weighted by Crippen LogP contribution is 2.39. The molecule has 0 bridgehead atoms. The number of nitrogens with one attached hydrogen (secondary N) is 1. The van der Waals surface area contributed by atoms with Crippen LogP contribution in [0.5, 0.6) is 0 Å². The number of amides is 1. The van der Waals surface area contributed by atoms with Crippen molar-refractivity contribution >= 4 is 22.8 Å². The summed E-state index contributed by atoms with van der Waals surface area (Å²) in [6.45, 7) is 4.59. The molecule has 0 aromatic heterocycles. The summed E-state index contributed by atoms with van der Waals surface area (Å²) in [5.74, 6) is 2.28. The maximum atomic E-state index is 12.3. The number of carbonyl (C=O) groups excluding carboxylic acids is 1. The Morgan fingerprint density at radius 2 is 2.00 bits per heavy atom. The first-order valence-electron chi connectivity index (χ1n) is 9.22. The molecule has 1 saturated heterocycles. The summed E-state index contributed by atoms with van der Waals surface area (Å²) in [4.78, 5) is 17.2. The van der Waals surface area contributed by atoms with Gasteiger partial charge in [-0.1, -0.05) is 57.7 Å². The second kappa shape index (κ2) is 7.37. The Bertz CT molecular complexity index is 431. The van der Waals surface area contributed by atoms with Crippen LogP contribution in [0.3, 0.4) is 0 Å². The number of aliphatic imine (C=N–C) groups is 1. The summed E-state index contributed by atoms with van der Waals surface area (Å²) in [6, 6.07) is 0.421. The number of nitrogens with zero attached hydrogens (tertiary/aromatic N) is 1. The van der Waals surface area contributed by atoms with Gasteiger partial charge in [0, 0.05) is 0 Å². The van der Waals surface area contributed by atoms with E-state index in [-0.39, 0.29) is 11.2 Å². The summed E-state index contributed by atoms with van der Waals surface area (Å²) < 4.78 is 0. The van der Waals surface area contributed by atoms with Crippen LogP contribution in [0.1, 0.15) is 71.6 Å². The molecule has 4 atom stereocenters. The van der Waals surface area contributed by atoms with E-state index in [9.17, 15) is 4.79 Å². The van der Waals surface area contributed by atoms with Gasteiger partial charge in [0.05, 0.1) is 11.3 Å². The number of amidine groups is 1. The molecule has 3 rings (SSSR count). The molecule has 124 valence electrons. The molecule has 4 unspecified atom stereocenters. The van der Waals surface area contributed by atoms with Crippen molar-refractivity contribution in [2.24, 2.45) is 22.7 Å². The molecule has 22 heavy (non-hydrogen) atoms. The van der Waals surface area contributed by atoms with Crippen LogP contribution in [0.4, 0.5) is 0 Å². The molecular formula is C18H30N2OS. The van der Waals surface area contributed by atoms with Gasteiger partial charge >= 0.3 is 0 Å². The maximum absolute atomic E-state index is 12.3. The van der Waals surface area contributed by atoms with Crippen LogP contribution in [-0.2, 0) is 4.79 Å². The highest BCUT2D eigenvalue weighted by molar-refractivity contribution is 8.15. The third kappa shape index (κ3) is 3.69. The summed E-state index contributed by atoms with van der Waals surface area (Å²) in [5.41, 5.74) is 0. The lowest BCUT2D eigenvalue weighted by molar-refractivity contribution is -0.119. The average Bonchev–Trinajstić information content (AvgIpc) is 3.04. The van der Waals surface area contributed by atoms with Crippen molar-refractivity contribution in [1.82, 2.24) is 5.32 Å². The zero-order valence-electron chi connectivity index (χ0n) is 14.0. The monoisotopic (exact) mass is 322 g/mol. The Kier molecular flexibility index (Phi) is 5.48. The lowest BCUT2D eigenvalue weighted by Crippen LogP contribution is -2.31. The number of hydrogen-bond acceptors (Lipinski definition) is 3. The quantitative estimate of drug-likeness (QED) is 0.835. The lowest BCUT2D eigenvalue weighted by Gasteiger charge is -2.24. The predicted octanol–water partition coefficient (Wildman–Crippen LogP) is 4.37. The van der Waals surface area contributed by atoms with Crippen LogP contribution < -0.4 is 5.32 Å². The highest BCUT2D eigenvalue weighted by atomic mass is 32.2. The van der Waals surface area contributed by atoms with E-state index in [1.165, 1.54) is 57.8 Å². The topological polar surface area (TPSA) is 41.5 Å². The van der Waals surface area contributed by atoms with Gasteiger partial charge in [-0.2, -0.15) is 0 Å². The molecule has 4 heteroatoms. The Morgan fingerprint density at radius 3 is 2.73 bits per heavy atom. The maximum Gasteiger partial charge on any atom is 0.239 e. The van der Waals surface area contributed by atoms with Gasteiger partial charge < -0.3 is 5.32 Å². The second-order valence-corrected chi connectivity index (χ2v) is 8.66. The molecule has 3 fully saturated rings. The standard InChI is InChI=1S/C18H30N2OS/c1-3-7-13-10-12(2)15(11-13)19-18-20-17(21)16(22-18)14-8-5-4-6-9-14/h12-16H,3-11H2,1-2H3,(H,19,20,21). The lowest BCUT2D eigenvalue weighted by atomic mass is 9.86. The molecule has 2 aliphatic carbocycles. The van der Waals surface area contributed by atoms with Crippen LogP contribution in [0.2, 0.25) is 0 Å². The average molecular weight is 323 g/mol. The molecule has 1 aliphatic heterocycles.